The maximum Gasteiger partial charge on any atom is 0.308 e. The summed E-state index contributed by atoms with van der Waals surface area (Å²) in [5.74, 6) is 0.0390. The van der Waals surface area contributed by atoms with Crippen molar-refractivity contribution >= 4 is 39.7 Å². The highest BCUT2D eigenvalue weighted by atomic mass is 79.9. The number of carbonyl (C=O) groups is 1. The number of benzene rings is 2. The number of hydrogen-bond acceptors (Lipinski definition) is 6. The van der Waals surface area contributed by atoms with Gasteiger partial charge in [-0.25, -0.2) is 0 Å². The monoisotopic (exact) mass is 525 g/mol. The van der Waals surface area contributed by atoms with Crippen LogP contribution in [0.2, 0.25) is 5.02 Å². The molecule has 2 rings (SSSR count). The molecule has 0 aromatic heterocycles. The molecule has 0 radical (unpaired) electrons. The van der Waals surface area contributed by atoms with Crippen molar-refractivity contribution in [3.8, 4) is 5.75 Å². The van der Waals surface area contributed by atoms with Gasteiger partial charge in [-0.05, 0) is 38.5 Å². The van der Waals surface area contributed by atoms with Crippen LogP contribution in [0.15, 0.2) is 51.9 Å². The predicted octanol–water partition coefficient (Wildman–Crippen LogP) is 5.99. The second kappa shape index (κ2) is 12.9. The number of halogens is 2. The summed E-state index contributed by atoms with van der Waals surface area (Å²) in [7, 11) is 1.60. The van der Waals surface area contributed by atoms with Crippen molar-refractivity contribution in [3.05, 3.63) is 63.1 Å². The van der Waals surface area contributed by atoms with Crippen molar-refractivity contribution in [3.63, 3.8) is 0 Å². The van der Waals surface area contributed by atoms with Crippen LogP contribution in [0.1, 0.15) is 44.4 Å². The van der Waals surface area contributed by atoms with Gasteiger partial charge in [0.25, 0.3) is 0 Å². The second-order valence-corrected chi connectivity index (χ2v) is 9.29. The first kappa shape index (κ1) is 26.3. The number of carbonyl (C=O) groups excluding carboxylic acids is 1. The van der Waals surface area contributed by atoms with Gasteiger partial charge in [-0.3, -0.25) is 9.79 Å². The van der Waals surface area contributed by atoms with Crippen molar-refractivity contribution < 1.29 is 23.7 Å². The molecule has 0 aliphatic rings. The molecule has 0 saturated heterocycles. The average molecular weight is 527 g/mol. The standard InChI is InChI=1S/C24H29BrClNO5/c1-24(2,3)32-22(28)14-21(27-15-17-8-6-5-7-9-17)19-12-18(25)13-20(26)23(19)31-16-30-11-10-29-4/h5-9,12-13,15,21H,10-11,14,16H2,1-4H3/t21-/m0/s1. The molecule has 0 aliphatic carbocycles. The van der Waals surface area contributed by atoms with Crippen molar-refractivity contribution in [1.82, 2.24) is 0 Å². The molecule has 1 atom stereocenters. The van der Waals surface area contributed by atoms with Gasteiger partial charge in [-0.1, -0.05) is 57.9 Å². The number of methoxy groups -OCH3 is 1. The molecule has 0 fully saturated rings. The Morgan fingerprint density at radius 2 is 1.91 bits per heavy atom. The van der Waals surface area contributed by atoms with E-state index in [1.165, 1.54) is 0 Å². The van der Waals surface area contributed by atoms with Gasteiger partial charge in [-0.2, -0.15) is 0 Å². The number of rotatable bonds is 11. The Balaban J connectivity index is 2.35. The number of hydrogen-bond donors (Lipinski definition) is 0. The lowest BCUT2D eigenvalue weighted by atomic mass is 10.0. The predicted molar refractivity (Wildman–Crippen MR) is 130 cm³/mol. The van der Waals surface area contributed by atoms with E-state index in [4.69, 9.17) is 30.5 Å². The Bertz CT molecular complexity index is 899. The van der Waals surface area contributed by atoms with E-state index in [2.05, 4.69) is 20.9 Å². The molecular formula is C24H29BrClNO5. The summed E-state index contributed by atoms with van der Waals surface area (Å²) < 4.78 is 22.5. The summed E-state index contributed by atoms with van der Waals surface area (Å²) >= 11 is 9.95. The summed E-state index contributed by atoms with van der Waals surface area (Å²) in [5.41, 5.74) is 0.958. The van der Waals surface area contributed by atoms with Crippen LogP contribution in [-0.4, -0.2) is 44.9 Å². The largest absolute Gasteiger partial charge is 0.466 e. The molecule has 0 saturated carbocycles. The lowest BCUT2D eigenvalue weighted by molar-refractivity contribution is -0.155. The van der Waals surface area contributed by atoms with Crippen LogP contribution < -0.4 is 4.74 Å². The van der Waals surface area contributed by atoms with Gasteiger partial charge in [0.15, 0.2) is 6.79 Å². The number of ether oxygens (including phenoxy) is 4. The lowest BCUT2D eigenvalue weighted by Crippen LogP contribution is -2.25. The Morgan fingerprint density at radius 3 is 2.56 bits per heavy atom. The highest BCUT2D eigenvalue weighted by molar-refractivity contribution is 9.10. The van der Waals surface area contributed by atoms with Crippen LogP contribution in [0.4, 0.5) is 0 Å². The SMILES string of the molecule is COCCOCOc1c(Cl)cc(Br)cc1[C@H](CC(=O)OC(C)(C)C)N=Cc1ccccc1. The quantitative estimate of drug-likeness (QED) is 0.156. The van der Waals surface area contributed by atoms with Crippen LogP contribution >= 0.6 is 27.5 Å². The average Bonchev–Trinajstić information content (AvgIpc) is 2.71. The summed E-state index contributed by atoms with van der Waals surface area (Å²) in [6, 6.07) is 12.6. The van der Waals surface area contributed by atoms with E-state index in [-0.39, 0.29) is 19.2 Å². The molecule has 0 unspecified atom stereocenters. The molecule has 2 aromatic rings. The highest BCUT2D eigenvalue weighted by Crippen LogP contribution is 2.39. The number of esters is 1. The van der Waals surface area contributed by atoms with Gasteiger partial charge in [0.2, 0.25) is 0 Å². The molecule has 2 aromatic carbocycles. The molecule has 0 bridgehead atoms. The van der Waals surface area contributed by atoms with Gasteiger partial charge in [0.05, 0.1) is 30.7 Å². The minimum atomic E-state index is -0.603. The van der Waals surface area contributed by atoms with E-state index in [9.17, 15) is 4.79 Å². The zero-order chi connectivity index (χ0) is 23.6. The second-order valence-electron chi connectivity index (χ2n) is 7.96. The molecule has 0 N–H and O–H groups in total. The third-order valence-electron chi connectivity index (χ3n) is 4.10. The summed E-state index contributed by atoms with van der Waals surface area (Å²) in [6.07, 6.45) is 1.75. The van der Waals surface area contributed by atoms with Gasteiger partial charge >= 0.3 is 5.97 Å². The fourth-order valence-electron chi connectivity index (χ4n) is 2.78. The first-order valence-corrected chi connectivity index (χ1v) is 11.3. The Kier molecular flexibility index (Phi) is 10.6. The number of nitrogens with zero attached hydrogens (tertiary/aromatic N) is 1. The molecule has 0 amide bonds. The van der Waals surface area contributed by atoms with E-state index in [1.807, 2.05) is 57.2 Å². The summed E-state index contributed by atoms with van der Waals surface area (Å²) in [4.78, 5) is 17.3. The highest BCUT2D eigenvalue weighted by Gasteiger charge is 2.25. The minimum absolute atomic E-state index is 0.0146. The molecule has 174 valence electrons. The van der Waals surface area contributed by atoms with Crippen molar-refractivity contribution in [2.24, 2.45) is 4.99 Å². The maximum atomic E-state index is 12.6. The zero-order valence-corrected chi connectivity index (χ0v) is 21.1. The third-order valence-corrected chi connectivity index (χ3v) is 4.84. The minimum Gasteiger partial charge on any atom is -0.466 e. The summed E-state index contributed by atoms with van der Waals surface area (Å²) in [5, 5.41) is 0.383. The van der Waals surface area contributed by atoms with Crippen molar-refractivity contribution in [2.45, 2.75) is 38.8 Å². The van der Waals surface area contributed by atoms with Crippen molar-refractivity contribution in [2.75, 3.05) is 27.1 Å². The maximum absolute atomic E-state index is 12.6. The van der Waals surface area contributed by atoms with Crippen molar-refractivity contribution in [1.29, 1.82) is 0 Å². The molecule has 32 heavy (non-hydrogen) atoms. The molecule has 6 nitrogen and oxygen atoms in total. The first-order valence-electron chi connectivity index (χ1n) is 10.2. The van der Waals surface area contributed by atoms with Crippen LogP contribution in [-0.2, 0) is 19.0 Å². The van der Waals surface area contributed by atoms with Gasteiger partial charge in [0.1, 0.15) is 11.4 Å². The van der Waals surface area contributed by atoms with Crippen LogP contribution in [0.3, 0.4) is 0 Å². The van der Waals surface area contributed by atoms with Crippen LogP contribution in [0, 0.1) is 0 Å². The summed E-state index contributed by atoms with van der Waals surface area (Å²) in [6.45, 7) is 6.30. The van der Waals surface area contributed by atoms with Gasteiger partial charge in [-0.15, -0.1) is 0 Å². The van der Waals surface area contributed by atoms with E-state index in [1.54, 1.807) is 19.4 Å². The van der Waals surface area contributed by atoms with E-state index in [0.717, 1.165) is 10.0 Å². The normalized spacial score (nSPS) is 12.7. The first-order chi connectivity index (χ1) is 15.2. The van der Waals surface area contributed by atoms with Gasteiger partial charge < -0.3 is 18.9 Å². The third kappa shape index (κ3) is 9.28. The fourth-order valence-corrected chi connectivity index (χ4v) is 3.67. The van der Waals surface area contributed by atoms with Crippen LogP contribution in [0.25, 0.3) is 0 Å². The van der Waals surface area contributed by atoms with Gasteiger partial charge in [0, 0.05) is 23.4 Å². The number of aliphatic imine (C=N–C) groups is 1. The molecule has 0 spiro atoms. The lowest BCUT2D eigenvalue weighted by Gasteiger charge is -2.22. The smallest absolute Gasteiger partial charge is 0.308 e. The molecule has 0 aliphatic heterocycles. The molecular weight excluding hydrogens is 498 g/mol. The zero-order valence-electron chi connectivity index (χ0n) is 18.8. The van der Waals surface area contributed by atoms with E-state index >= 15 is 0 Å². The topological polar surface area (TPSA) is 66.4 Å². The van der Waals surface area contributed by atoms with Crippen LogP contribution in [0.5, 0.6) is 5.75 Å². The Morgan fingerprint density at radius 1 is 1.19 bits per heavy atom. The van der Waals surface area contributed by atoms with E-state index in [0.29, 0.717) is 29.5 Å². The van der Waals surface area contributed by atoms with E-state index < -0.39 is 11.6 Å². The Hall–Kier alpha value is -1.93. The molecule has 0 heterocycles. The Labute approximate surface area is 203 Å². The molecule has 8 heteroatoms. The fraction of sp³-hybridized carbons (Fsp3) is 0.417.